The normalized spacial score (nSPS) is 10.9. The number of hydrogen-bond acceptors (Lipinski definition) is 2. The van der Waals surface area contributed by atoms with Crippen molar-refractivity contribution in [1.29, 1.82) is 0 Å². The lowest BCUT2D eigenvalue weighted by Gasteiger charge is -2.11. The molecule has 0 amide bonds. The van der Waals surface area contributed by atoms with Crippen LogP contribution in [-0.2, 0) is 0 Å². The summed E-state index contributed by atoms with van der Waals surface area (Å²) in [5, 5.41) is 9.18. The van der Waals surface area contributed by atoms with Gasteiger partial charge in [0.1, 0.15) is 11.2 Å². The smallest absolute Gasteiger partial charge is 0.175 e. The number of para-hydroxylation sites is 1. The largest absolute Gasteiger partial charge is 0.456 e. The van der Waals surface area contributed by atoms with Crippen LogP contribution in [0.4, 0.5) is 11.4 Å². The first-order valence-corrected chi connectivity index (χ1v) is 8.16. The molecule has 1 heterocycles. The number of benzene rings is 3. The molecule has 0 fully saturated rings. The highest BCUT2D eigenvalue weighted by atomic mass is 32.1. The van der Waals surface area contributed by atoms with E-state index in [4.69, 9.17) is 16.6 Å². The lowest BCUT2D eigenvalue weighted by molar-refractivity contribution is 0.669. The predicted molar refractivity (Wildman–Crippen MR) is 105 cm³/mol. The van der Waals surface area contributed by atoms with Crippen molar-refractivity contribution in [3.63, 3.8) is 0 Å². The summed E-state index contributed by atoms with van der Waals surface area (Å²) in [7, 11) is 0. The third-order valence-electron chi connectivity index (χ3n) is 3.91. The number of fused-ring (bicyclic) bond motifs is 3. The van der Waals surface area contributed by atoms with E-state index in [0.29, 0.717) is 5.11 Å². The fourth-order valence-electron chi connectivity index (χ4n) is 2.82. The van der Waals surface area contributed by atoms with E-state index < -0.39 is 0 Å². The van der Waals surface area contributed by atoms with E-state index in [9.17, 15) is 0 Å². The van der Waals surface area contributed by atoms with Crippen molar-refractivity contribution in [2.75, 3.05) is 10.6 Å². The van der Waals surface area contributed by atoms with Crippen LogP contribution < -0.4 is 10.6 Å². The molecule has 3 aromatic carbocycles. The van der Waals surface area contributed by atoms with E-state index in [1.165, 1.54) is 5.56 Å². The Morgan fingerprint density at radius 3 is 2.38 bits per heavy atom. The molecular weight excluding hydrogens is 316 g/mol. The van der Waals surface area contributed by atoms with Crippen LogP contribution in [0.1, 0.15) is 5.56 Å². The molecule has 0 radical (unpaired) electrons. The SMILES string of the molecule is Cc1cccc(NC(=S)Nc2ccc3c(c2)oc2ccccc23)c1. The van der Waals surface area contributed by atoms with Crippen molar-refractivity contribution >= 4 is 50.6 Å². The molecule has 0 spiro atoms. The van der Waals surface area contributed by atoms with Crippen molar-refractivity contribution in [2.24, 2.45) is 0 Å². The van der Waals surface area contributed by atoms with Crippen molar-refractivity contribution in [1.82, 2.24) is 0 Å². The molecule has 2 N–H and O–H groups in total. The highest BCUT2D eigenvalue weighted by molar-refractivity contribution is 7.80. The summed E-state index contributed by atoms with van der Waals surface area (Å²) in [5.74, 6) is 0. The second-order valence-corrected chi connectivity index (χ2v) is 6.17. The molecule has 0 aliphatic carbocycles. The zero-order valence-electron chi connectivity index (χ0n) is 13.2. The third-order valence-corrected chi connectivity index (χ3v) is 4.12. The van der Waals surface area contributed by atoms with E-state index >= 15 is 0 Å². The van der Waals surface area contributed by atoms with E-state index in [0.717, 1.165) is 33.3 Å². The first-order valence-electron chi connectivity index (χ1n) is 7.75. The van der Waals surface area contributed by atoms with Crippen molar-refractivity contribution in [2.45, 2.75) is 6.92 Å². The van der Waals surface area contributed by atoms with Gasteiger partial charge in [0.15, 0.2) is 5.11 Å². The summed E-state index contributed by atoms with van der Waals surface area (Å²) < 4.78 is 5.90. The van der Waals surface area contributed by atoms with Crippen LogP contribution >= 0.6 is 12.2 Å². The zero-order valence-corrected chi connectivity index (χ0v) is 14.0. The van der Waals surface area contributed by atoms with Gasteiger partial charge in [-0.25, -0.2) is 0 Å². The maximum Gasteiger partial charge on any atom is 0.175 e. The van der Waals surface area contributed by atoms with Gasteiger partial charge in [0, 0.05) is 28.2 Å². The van der Waals surface area contributed by atoms with Crippen LogP contribution in [0.2, 0.25) is 0 Å². The Balaban J connectivity index is 1.58. The first-order chi connectivity index (χ1) is 11.7. The Morgan fingerprint density at radius 1 is 0.792 bits per heavy atom. The van der Waals surface area contributed by atoms with E-state index in [-0.39, 0.29) is 0 Å². The number of aryl methyl sites for hydroxylation is 1. The molecule has 4 rings (SSSR count). The lowest BCUT2D eigenvalue weighted by Crippen LogP contribution is -2.18. The first kappa shape index (κ1) is 14.7. The van der Waals surface area contributed by atoms with Gasteiger partial charge in [0.25, 0.3) is 0 Å². The van der Waals surface area contributed by atoms with Crippen molar-refractivity contribution < 1.29 is 4.42 Å². The second kappa shape index (κ2) is 5.98. The molecule has 1 aromatic heterocycles. The Kier molecular flexibility index (Phi) is 3.67. The van der Waals surface area contributed by atoms with Gasteiger partial charge in [-0.1, -0.05) is 30.3 Å². The Bertz CT molecular complexity index is 1050. The standard InChI is InChI=1S/C20H16N2OS/c1-13-5-4-6-14(11-13)21-20(24)22-15-9-10-17-16-7-2-3-8-18(16)23-19(17)12-15/h2-12H,1H3,(H2,21,22,24). The minimum absolute atomic E-state index is 0.552. The molecule has 0 saturated heterocycles. The number of rotatable bonds is 2. The molecule has 24 heavy (non-hydrogen) atoms. The second-order valence-electron chi connectivity index (χ2n) is 5.76. The molecule has 4 aromatic rings. The highest BCUT2D eigenvalue weighted by Crippen LogP contribution is 2.30. The predicted octanol–water partition coefficient (Wildman–Crippen LogP) is 5.70. The molecule has 118 valence electrons. The number of hydrogen-bond donors (Lipinski definition) is 2. The minimum Gasteiger partial charge on any atom is -0.456 e. The molecule has 3 nitrogen and oxygen atoms in total. The van der Waals surface area contributed by atoms with Gasteiger partial charge in [0.05, 0.1) is 0 Å². The van der Waals surface area contributed by atoms with E-state index in [2.05, 4.69) is 41.8 Å². The average Bonchev–Trinajstić information content (AvgIpc) is 2.92. The number of furan rings is 1. The van der Waals surface area contributed by atoms with E-state index in [1.54, 1.807) is 0 Å². The Labute approximate surface area is 145 Å². The molecule has 0 aliphatic rings. The van der Waals surface area contributed by atoms with Crippen LogP contribution in [0.25, 0.3) is 21.9 Å². The lowest BCUT2D eigenvalue weighted by atomic mass is 10.1. The van der Waals surface area contributed by atoms with Gasteiger partial charge in [-0.3, -0.25) is 0 Å². The maximum absolute atomic E-state index is 5.90. The van der Waals surface area contributed by atoms with Crippen LogP contribution in [0, 0.1) is 6.92 Å². The van der Waals surface area contributed by atoms with Crippen LogP contribution in [0.5, 0.6) is 0 Å². The summed E-state index contributed by atoms with van der Waals surface area (Å²) >= 11 is 5.40. The molecule has 0 unspecified atom stereocenters. The number of nitrogens with one attached hydrogen (secondary N) is 2. The van der Waals surface area contributed by atoms with E-state index in [1.807, 2.05) is 42.5 Å². The van der Waals surface area contributed by atoms with Gasteiger partial charge in [0.2, 0.25) is 0 Å². The maximum atomic E-state index is 5.90. The summed E-state index contributed by atoms with van der Waals surface area (Å²) in [5.41, 5.74) is 4.79. The van der Waals surface area contributed by atoms with Crippen molar-refractivity contribution in [3.05, 3.63) is 72.3 Å². The van der Waals surface area contributed by atoms with Crippen LogP contribution in [0.3, 0.4) is 0 Å². The average molecular weight is 332 g/mol. The quantitative estimate of drug-likeness (QED) is 0.461. The topological polar surface area (TPSA) is 37.2 Å². The number of thiocarbonyl (C=S) groups is 1. The molecule has 4 heteroatoms. The molecule has 0 bridgehead atoms. The van der Waals surface area contributed by atoms with Gasteiger partial charge >= 0.3 is 0 Å². The highest BCUT2D eigenvalue weighted by Gasteiger charge is 2.07. The Morgan fingerprint density at radius 2 is 1.54 bits per heavy atom. The molecular formula is C20H16N2OS. The monoisotopic (exact) mass is 332 g/mol. The summed E-state index contributed by atoms with van der Waals surface area (Å²) in [4.78, 5) is 0. The van der Waals surface area contributed by atoms with Crippen LogP contribution in [-0.4, -0.2) is 5.11 Å². The van der Waals surface area contributed by atoms with Crippen molar-refractivity contribution in [3.8, 4) is 0 Å². The fraction of sp³-hybridized carbons (Fsp3) is 0.0500. The van der Waals surface area contributed by atoms with Gasteiger partial charge in [-0.05, 0) is 55.0 Å². The summed E-state index contributed by atoms with van der Waals surface area (Å²) in [6, 6.07) is 22.2. The third kappa shape index (κ3) is 2.84. The van der Waals surface area contributed by atoms with Gasteiger partial charge in [-0.15, -0.1) is 0 Å². The molecule has 0 aliphatic heterocycles. The number of anilines is 2. The minimum atomic E-state index is 0.552. The van der Waals surface area contributed by atoms with Crippen LogP contribution in [0.15, 0.2) is 71.1 Å². The fourth-order valence-corrected chi connectivity index (χ4v) is 3.06. The molecule has 0 saturated carbocycles. The summed E-state index contributed by atoms with van der Waals surface area (Å²) in [6.45, 7) is 2.05. The van der Waals surface area contributed by atoms with Gasteiger partial charge < -0.3 is 15.1 Å². The molecule has 0 atom stereocenters. The Hall–Kier alpha value is -2.85. The summed E-state index contributed by atoms with van der Waals surface area (Å²) in [6.07, 6.45) is 0. The zero-order chi connectivity index (χ0) is 16.5. The van der Waals surface area contributed by atoms with Gasteiger partial charge in [-0.2, -0.15) is 0 Å².